The van der Waals surface area contributed by atoms with Crippen LogP contribution in [-0.4, -0.2) is 0 Å². The monoisotopic (exact) mass is 747 g/mol. The van der Waals surface area contributed by atoms with Gasteiger partial charge >= 0.3 is 0 Å². The van der Waals surface area contributed by atoms with E-state index in [1.807, 2.05) is 6.07 Å². The van der Waals surface area contributed by atoms with Crippen molar-refractivity contribution in [2.24, 2.45) is 17.8 Å². The number of anilines is 3. The molecule has 4 saturated carbocycles. The van der Waals surface area contributed by atoms with Crippen molar-refractivity contribution in [3.63, 3.8) is 0 Å². The smallest absolute Gasteiger partial charge is 0.137 e. The van der Waals surface area contributed by atoms with Gasteiger partial charge in [0.2, 0.25) is 0 Å². The lowest BCUT2D eigenvalue weighted by Crippen LogP contribution is -2.48. The molecular formula is C56H45NO. The van der Waals surface area contributed by atoms with Crippen molar-refractivity contribution in [3.05, 3.63) is 188 Å². The van der Waals surface area contributed by atoms with Gasteiger partial charge in [0.15, 0.2) is 0 Å². The summed E-state index contributed by atoms with van der Waals surface area (Å²) in [5.41, 5.74) is 14.5. The zero-order valence-electron chi connectivity index (χ0n) is 32.7. The van der Waals surface area contributed by atoms with Gasteiger partial charge in [0.05, 0.1) is 0 Å². The molecule has 280 valence electrons. The fourth-order valence-corrected chi connectivity index (χ4v) is 11.8. The predicted molar refractivity (Wildman–Crippen MR) is 242 cm³/mol. The van der Waals surface area contributed by atoms with Crippen molar-refractivity contribution in [3.8, 4) is 33.4 Å². The molecule has 8 aromatic carbocycles. The van der Waals surface area contributed by atoms with Gasteiger partial charge in [-0.15, -0.1) is 0 Å². The van der Waals surface area contributed by atoms with Crippen LogP contribution < -0.4 is 4.90 Å². The molecule has 4 fully saturated rings. The van der Waals surface area contributed by atoms with E-state index in [0.717, 1.165) is 56.8 Å². The summed E-state index contributed by atoms with van der Waals surface area (Å²) >= 11 is 0. The summed E-state index contributed by atoms with van der Waals surface area (Å²) in [6, 6.07) is 66.9. The van der Waals surface area contributed by atoms with Crippen LogP contribution in [0.25, 0.3) is 66.1 Å². The van der Waals surface area contributed by atoms with E-state index in [2.05, 4.69) is 181 Å². The summed E-state index contributed by atoms with van der Waals surface area (Å²) in [4.78, 5) is 2.37. The fourth-order valence-electron chi connectivity index (χ4n) is 11.8. The Hall–Kier alpha value is -6.38. The minimum absolute atomic E-state index is 0.387. The van der Waals surface area contributed by atoms with Gasteiger partial charge in [-0.3, -0.25) is 0 Å². The zero-order valence-corrected chi connectivity index (χ0v) is 32.7. The summed E-state index contributed by atoms with van der Waals surface area (Å²) in [5.74, 6) is 2.81. The largest absolute Gasteiger partial charge is 0.456 e. The molecule has 2 heteroatoms. The van der Waals surface area contributed by atoms with Gasteiger partial charge in [-0.2, -0.15) is 0 Å². The average Bonchev–Trinajstić information content (AvgIpc) is 3.65. The van der Waals surface area contributed by atoms with Crippen molar-refractivity contribution < 1.29 is 4.42 Å². The molecule has 0 spiro atoms. The van der Waals surface area contributed by atoms with Crippen molar-refractivity contribution in [1.82, 2.24) is 0 Å². The summed E-state index contributed by atoms with van der Waals surface area (Å²) in [7, 11) is 0. The Morgan fingerprint density at radius 1 is 0.414 bits per heavy atom. The molecule has 0 unspecified atom stereocenters. The van der Waals surface area contributed by atoms with Crippen LogP contribution in [0.4, 0.5) is 17.1 Å². The van der Waals surface area contributed by atoms with Gasteiger partial charge in [0.25, 0.3) is 0 Å². The van der Waals surface area contributed by atoms with E-state index in [1.165, 1.54) is 82.7 Å². The van der Waals surface area contributed by atoms with Gasteiger partial charge in [-0.1, -0.05) is 133 Å². The topological polar surface area (TPSA) is 16.4 Å². The molecule has 4 aliphatic carbocycles. The molecule has 13 rings (SSSR count). The first-order valence-corrected chi connectivity index (χ1v) is 21.2. The highest BCUT2D eigenvalue weighted by Crippen LogP contribution is 2.61. The number of hydrogen-bond donors (Lipinski definition) is 0. The second-order valence-electron chi connectivity index (χ2n) is 17.6. The molecule has 1 aromatic heterocycles. The van der Waals surface area contributed by atoms with E-state index >= 15 is 0 Å². The maximum absolute atomic E-state index is 6.43. The first kappa shape index (κ1) is 33.7. The Bertz CT molecular complexity index is 2930. The highest BCUT2D eigenvalue weighted by molar-refractivity contribution is 6.07. The Kier molecular flexibility index (Phi) is 7.76. The number of benzene rings is 8. The molecule has 0 aliphatic heterocycles. The highest BCUT2D eigenvalue weighted by atomic mass is 16.3. The molecule has 0 atom stereocenters. The minimum Gasteiger partial charge on any atom is -0.456 e. The number of nitrogens with zero attached hydrogens (tertiary/aromatic N) is 1. The standard InChI is InChI=1S/C56H45NO/c1-2-9-41(10-3-1)49-16-7-11-43-12-8-17-50(55(43)49)42-21-25-47(26-22-42)57(48-27-28-52-51-15-4-5-18-53(51)58-54(52)33-48)46-23-19-40(20-24-46)44-13-6-14-45(32-44)56-34-37-29-38(35-56)31-39(30-37)36-56/h1-28,32-33,37-39H,29-31,34-36H2. The molecule has 9 aromatic rings. The molecule has 4 aliphatic rings. The third-order valence-corrected chi connectivity index (χ3v) is 14.0. The van der Waals surface area contributed by atoms with Crippen LogP contribution in [0.1, 0.15) is 44.1 Å². The van der Waals surface area contributed by atoms with Gasteiger partial charge in [-0.05, 0) is 154 Å². The zero-order chi connectivity index (χ0) is 38.2. The number of para-hydroxylation sites is 1. The quantitative estimate of drug-likeness (QED) is 0.161. The van der Waals surface area contributed by atoms with Crippen LogP contribution in [0.15, 0.2) is 186 Å². The Morgan fingerprint density at radius 2 is 0.966 bits per heavy atom. The molecular weight excluding hydrogens is 703 g/mol. The molecule has 58 heavy (non-hydrogen) atoms. The molecule has 0 radical (unpaired) electrons. The van der Waals surface area contributed by atoms with Crippen LogP contribution in [0.2, 0.25) is 0 Å². The molecule has 2 nitrogen and oxygen atoms in total. The van der Waals surface area contributed by atoms with Crippen LogP contribution >= 0.6 is 0 Å². The van der Waals surface area contributed by atoms with Gasteiger partial charge < -0.3 is 9.32 Å². The maximum atomic E-state index is 6.43. The summed E-state index contributed by atoms with van der Waals surface area (Å²) in [5, 5.41) is 4.80. The molecule has 4 bridgehead atoms. The van der Waals surface area contributed by atoms with Crippen LogP contribution in [0.3, 0.4) is 0 Å². The van der Waals surface area contributed by atoms with Crippen molar-refractivity contribution >= 4 is 49.8 Å². The van der Waals surface area contributed by atoms with E-state index < -0.39 is 0 Å². The molecule has 1 heterocycles. The lowest BCUT2D eigenvalue weighted by molar-refractivity contribution is -0.00516. The minimum atomic E-state index is 0.387. The van der Waals surface area contributed by atoms with Crippen molar-refractivity contribution in [2.45, 2.75) is 43.9 Å². The lowest BCUT2D eigenvalue weighted by Gasteiger charge is -2.57. The number of hydrogen-bond acceptors (Lipinski definition) is 2. The fraction of sp³-hybridized carbons (Fsp3) is 0.179. The van der Waals surface area contributed by atoms with Crippen molar-refractivity contribution in [1.29, 1.82) is 0 Å². The predicted octanol–water partition coefficient (Wildman–Crippen LogP) is 15.7. The third kappa shape index (κ3) is 5.61. The van der Waals surface area contributed by atoms with E-state index in [4.69, 9.17) is 4.42 Å². The van der Waals surface area contributed by atoms with Gasteiger partial charge in [0.1, 0.15) is 11.2 Å². The summed E-state index contributed by atoms with van der Waals surface area (Å²) in [6.45, 7) is 0. The summed E-state index contributed by atoms with van der Waals surface area (Å²) < 4.78 is 6.43. The van der Waals surface area contributed by atoms with E-state index in [9.17, 15) is 0 Å². The number of furan rings is 1. The molecule has 0 saturated heterocycles. The average molecular weight is 748 g/mol. The first-order valence-electron chi connectivity index (χ1n) is 21.2. The Morgan fingerprint density at radius 3 is 1.66 bits per heavy atom. The van der Waals surface area contributed by atoms with E-state index in [1.54, 1.807) is 5.56 Å². The Labute approximate surface area is 340 Å². The maximum Gasteiger partial charge on any atom is 0.137 e. The Balaban J connectivity index is 0.934. The van der Waals surface area contributed by atoms with Crippen LogP contribution in [0.5, 0.6) is 0 Å². The number of fused-ring (bicyclic) bond motifs is 4. The number of rotatable bonds is 7. The summed E-state index contributed by atoms with van der Waals surface area (Å²) in [6.07, 6.45) is 8.59. The van der Waals surface area contributed by atoms with Gasteiger partial charge in [0, 0.05) is 33.9 Å². The lowest BCUT2D eigenvalue weighted by atomic mass is 9.48. The molecule has 0 amide bonds. The van der Waals surface area contributed by atoms with Crippen molar-refractivity contribution in [2.75, 3.05) is 4.90 Å². The van der Waals surface area contributed by atoms with Crippen LogP contribution in [0, 0.1) is 17.8 Å². The SMILES string of the molecule is c1ccc(-c2cccc3cccc(-c4ccc(N(c5ccc(-c6cccc(C78CC9CC(CC(C9)C7)C8)c6)cc5)c5ccc6c(c5)oc5ccccc56)cc4)c23)cc1. The van der Waals surface area contributed by atoms with Gasteiger partial charge in [-0.25, -0.2) is 0 Å². The van der Waals surface area contributed by atoms with Crippen LogP contribution in [-0.2, 0) is 5.41 Å². The third-order valence-electron chi connectivity index (χ3n) is 14.0. The van der Waals surface area contributed by atoms with E-state index in [0.29, 0.717) is 5.41 Å². The second-order valence-corrected chi connectivity index (χ2v) is 17.6. The highest BCUT2D eigenvalue weighted by Gasteiger charge is 2.51. The normalized spacial score (nSPS) is 20.9. The molecule has 0 N–H and O–H groups in total. The van der Waals surface area contributed by atoms with E-state index in [-0.39, 0.29) is 0 Å². The first-order chi connectivity index (χ1) is 28.6. The second kappa shape index (κ2) is 13.4.